The highest BCUT2D eigenvalue weighted by Gasteiger charge is 2.51. The molecule has 6 aliphatic rings. The van der Waals surface area contributed by atoms with E-state index in [1.807, 2.05) is 36.4 Å². The Labute approximate surface area is 290 Å². The Morgan fingerprint density at radius 3 is 2.22 bits per heavy atom. The van der Waals surface area contributed by atoms with Gasteiger partial charge in [0.1, 0.15) is 0 Å². The number of rotatable bonds is 10. The van der Waals surface area contributed by atoms with Crippen LogP contribution in [0.4, 0.5) is 4.79 Å². The number of aliphatic hydroxyl groups excluding tert-OH is 2. The molecule has 8 nitrogen and oxygen atoms in total. The van der Waals surface area contributed by atoms with Gasteiger partial charge >= 0.3 is 6.03 Å². The summed E-state index contributed by atoms with van der Waals surface area (Å²) in [5, 5.41) is 26.1. The van der Waals surface area contributed by atoms with Gasteiger partial charge in [0.25, 0.3) is 0 Å². The first kappa shape index (κ1) is 32.9. The summed E-state index contributed by atoms with van der Waals surface area (Å²) in [6.07, 6.45) is 9.60. The van der Waals surface area contributed by atoms with Crippen LogP contribution in [0.25, 0.3) is 11.1 Å². The van der Waals surface area contributed by atoms with Crippen LogP contribution >= 0.6 is 0 Å². The summed E-state index contributed by atoms with van der Waals surface area (Å²) in [6, 6.07) is 24.8. The topological polar surface area (TPSA) is 103 Å². The number of carbonyl (C=O) groups is 1. The lowest BCUT2D eigenvalue weighted by Gasteiger charge is -2.56. The zero-order valence-corrected chi connectivity index (χ0v) is 28.4. The van der Waals surface area contributed by atoms with Crippen molar-refractivity contribution in [1.82, 2.24) is 15.5 Å². The SMILES string of the molecule is O=C(NCc1ccccc1-c1ccc([C@H]2O[C@@H](CN3CCC[C@H]3CO)C[C@@H](c3ccc(CO)cc3)O2)cc1)NC12CC3CC(CC(C3)C1)C2. The van der Waals surface area contributed by atoms with Gasteiger partial charge in [-0.3, -0.25) is 4.90 Å². The third kappa shape index (κ3) is 7.17. The van der Waals surface area contributed by atoms with Crippen LogP contribution in [0.1, 0.15) is 92.4 Å². The molecule has 3 aromatic carbocycles. The Kier molecular flexibility index (Phi) is 9.51. The number of ether oxygens (including phenoxy) is 2. The molecule has 260 valence electrons. The molecule has 0 radical (unpaired) electrons. The highest BCUT2D eigenvalue weighted by molar-refractivity contribution is 5.76. The van der Waals surface area contributed by atoms with Crippen molar-refractivity contribution in [3.8, 4) is 11.1 Å². The van der Waals surface area contributed by atoms with E-state index >= 15 is 0 Å². The predicted molar refractivity (Wildman–Crippen MR) is 188 cm³/mol. The quantitative estimate of drug-likeness (QED) is 0.194. The Hall–Kier alpha value is -3.27. The van der Waals surface area contributed by atoms with E-state index in [2.05, 4.69) is 51.9 Å². The summed E-state index contributed by atoms with van der Waals surface area (Å²) >= 11 is 0. The lowest BCUT2D eigenvalue weighted by atomic mass is 9.53. The summed E-state index contributed by atoms with van der Waals surface area (Å²) in [7, 11) is 0. The molecule has 0 aromatic heterocycles. The van der Waals surface area contributed by atoms with Gasteiger partial charge < -0.3 is 30.3 Å². The normalized spacial score (nSPS) is 32.3. The van der Waals surface area contributed by atoms with E-state index in [1.165, 1.54) is 19.3 Å². The minimum atomic E-state index is -0.532. The Morgan fingerprint density at radius 1 is 0.837 bits per heavy atom. The largest absolute Gasteiger partial charge is 0.395 e. The van der Waals surface area contributed by atoms with Crippen molar-refractivity contribution in [2.45, 2.75) is 101 Å². The third-order valence-electron chi connectivity index (χ3n) is 12.1. The first-order valence-corrected chi connectivity index (χ1v) is 18.6. The van der Waals surface area contributed by atoms with Gasteiger partial charge in [0.05, 0.1) is 25.4 Å². The van der Waals surface area contributed by atoms with Crippen molar-refractivity contribution < 1.29 is 24.5 Å². The average Bonchev–Trinajstić information content (AvgIpc) is 3.57. The van der Waals surface area contributed by atoms with Gasteiger partial charge in [-0.2, -0.15) is 0 Å². The van der Waals surface area contributed by atoms with E-state index in [1.54, 1.807) is 0 Å². The number of nitrogens with one attached hydrogen (secondary N) is 2. The van der Waals surface area contributed by atoms with Gasteiger partial charge in [-0.25, -0.2) is 4.79 Å². The smallest absolute Gasteiger partial charge is 0.315 e. The minimum absolute atomic E-state index is 0.00659. The van der Waals surface area contributed by atoms with Gasteiger partial charge in [-0.15, -0.1) is 0 Å². The van der Waals surface area contributed by atoms with Crippen LogP contribution in [0, 0.1) is 17.8 Å². The van der Waals surface area contributed by atoms with E-state index in [4.69, 9.17) is 9.47 Å². The van der Waals surface area contributed by atoms with E-state index < -0.39 is 6.29 Å². The molecule has 4 saturated carbocycles. The van der Waals surface area contributed by atoms with Crippen LogP contribution in [0.2, 0.25) is 0 Å². The van der Waals surface area contributed by atoms with Gasteiger partial charge in [-0.1, -0.05) is 72.8 Å². The Bertz CT molecular complexity index is 1560. The highest BCUT2D eigenvalue weighted by Crippen LogP contribution is 2.55. The number of aliphatic hydroxyl groups is 2. The van der Waals surface area contributed by atoms with Crippen LogP contribution in [-0.4, -0.2) is 58.5 Å². The number of urea groups is 1. The molecule has 4 N–H and O–H groups in total. The number of hydrogen-bond donors (Lipinski definition) is 4. The predicted octanol–water partition coefficient (Wildman–Crippen LogP) is 6.62. The Balaban J connectivity index is 0.952. The first-order valence-electron chi connectivity index (χ1n) is 18.6. The maximum Gasteiger partial charge on any atom is 0.315 e. The van der Waals surface area contributed by atoms with Crippen LogP contribution < -0.4 is 10.6 Å². The summed E-state index contributed by atoms with van der Waals surface area (Å²) in [5.74, 6) is 2.37. The fourth-order valence-electron chi connectivity index (χ4n) is 10.1. The van der Waals surface area contributed by atoms with Crippen molar-refractivity contribution in [1.29, 1.82) is 0 Å². The Morgan fingerprint density at radius 2 is 1.53 bits per heavy atom. The fraction of sp³-hybridized carbons (Fsp3) is 0.537. The van der Waals surface area contributed by atoms with Gasteiger partial charge in [0, 0.05) is 36.7 Å². The summed E-state index contributed by atoms with van der Waals surface area (Å²) in [4.78, 5) is 15.6. The molecule has 49 heavy (non-hydrogen) atoms. The molecule has 0 unspecified atom stereocenters. The van der Waals surface area contributed by atoms with Crippen molar-refractivity contribution in [2.75, 3.05) is 19.7 Å². The van der Waals surface area contributed by atoms with E-state index in [0.29, 0.717) is 6.54 Å². The third-order valence-corrected chi connectivity index (χ3v) is 12.1. The van der Waals surface area contributed by atoms with Crippen LogP contribution in [0.5, 0.6) is 0 Å². The molecule has 9 rings (SSSR count). The second kappa shape index (κ2) is 14.2. The molecule has 6 fully saturated rings. The van der Waals surface area contributed by atoms with Crippen molar-refractivity contribution >= 4 is 6.03 Å². The number of benzene rings is 3. The molecule has 2 saturated heterocycles. The molecular weight excluding hydrogens is 614 g/mol. The summed E-state index contributed by atoms with van der Waals surface area (Å²) in [6.45, 7) is 2.38. The number of amides is 2. The van der Waals surface area contributed by atoms with Gasteiger partial charge in [0.15, 0.2) is 6.29 Å². The zero-order valence-electron chi connectivity index (χ0n) is 28.4. The molecule has 4 bridgehead atoms. The lowest BCUT2D eigenvalue weighted by molar-refractivity contribution is -0.253. The molecule has 2 heterocycles. The lowest BCUT2D eigenvalue weighted by Crippen LogP contribution is -2.61. The number of likely N-dealkylation sites (tertiary alicyclic amines) is 1. The first-order chi connectivity index (χ1) is 24.0. The fourth-order valence-corrected chi connectivity index (χ4v) is 10.1. The van der Waals surface area contributed by atoms with Gasteiger partial charge in [-0.05, 0) is 103 Å². The molecule has 2 amide bonds. The average molecular weight is 666 g/mol. The van der Waals surface area contributed by atoms with Crippen LogP contribution in [-0.2, 0) is 22.6 Å². The maximum atomic E-state index is 13.2. The minimum Gasteiger partial charge on any atom is -0.395 e. The number of carbonyl (C=O) groups excluding carboxylic acids is 1. The zero-order chi connectivity index (χ0) is 33.4. The second-order valence-electron chi connectivity index (χ2n) is 15.6. The number of hydrogen-bond acceptors (Lipinski definition) is 6. The van der Waals surface area contributed by atoms with E-state index in [-0.39, 0.29) is 43.0 Å². The van der Waals surface area contributed by atoms with Crippen LogP contribution in [0.3, 0.4) is 0 Å². The second-order valence-corrected chi connectivity index (χ2v) is 15.6. The standard InChI is InChI=1S/C41H51N3O5/c45-25-27-7-9-32(10-8-27)38-19-36(24-44-15-3-5-35(44)26-46)48-39(49-38)33-13-11-31(12-14-33)37-6-2-1-4-34(37)23-42-40(47)43-41-20-28-16-29(21-41)18-30(17-28)22-41/h1-2,4,6-14,28-30,35-36,38-39,45-46H,3,5,15-26H2,(H2,42,43,47)/t28?,29?,30?,35-,36+,38-,39-,41?/m0/s1. The van der Waals surface area contributed by atoms with Crippen molar-refractivity contribution in [2.24, 2.45) is 17.8 Å². The molecule has 2 aliphatic heterocycles. The summed E-state index contributed by atoms with van der Waals surface area (Å²) < 4.78 is 13.2. The van der Waals surface area contributed by atoms with Gasteiger partial charge in [0.2, 0.25) is 0 Å². The molecule has 4 atom stereocenters. The molecular formula is C41H51N3O5. The summed E-state index contributed by atoms with van der Waals surface area (Å²) in [5.41, 5.74) is 6.15. The van der Waals surface area contributed by atoms with Crippen LogP contribution in [0.15, 0.2) is 72.8 Å². The van der Waals surface area contributed by atoms with Crippen molar-refractivity contribution in [3.63, 3.8) is 0 Å². The van der Waals surface area contributed by atoms with Crippen molar-refractivity contribution in [3.05, 3.63) is 95.1 Å². The van der Waals surface area contributed by atoms with E-state index in [9.17, 15) is 15.0 Å². The monoisotopic (exact) mass is 665 g/mol. The molecule has 0 spiro atoms. The van der Waals surface area contributed by atoms with E-state index in [0.717, 1.165) is 103 Å². The molecule has 8 heteroatoms. The number of nitrogens with zero attached hydrogens (tertiary/aromatic N) is 1. The molecule has 4 aliphatic carbocycles. The molecule has 3 aromatic rings. The maximum absolute atomic E-state index is 13.2. The highest BCUT2D eigenvalue weighted by atomic mass is 16.7.